The largest absolute Gasteiger partial charge is 0.497 e. The molecule has 0 unspecified atom stereocenters. The standard InChI is InChI=1S/C23H27N3O4S2/c1-15(2)13-20(26-32(28,29)19-11-5-16(3)6-12-19)22(27)25-23-24-21(14-31-23)17-7-9-18(30-4)10-8-17/h5-12,14-15,20,26H,13H2,1-4H3,(H,24,25,27)/t20-/m0/s1. The van der Waals surface area contributed by atoms with Gasteiger partial charge in [-0.05, 0) is 55.7 Å². The third kappa shape index (κ3) is 6.15. The van der Waals surface area contributed by atoms with Crippen molar-refractivity contribution < 1.29 is 17.9 Å². The summed E-state index contributed by atoms with van der Waals surface area (Å²) in [6.07, 6.45) is 0.355. The van der Waals surface area contributed by atoms with Crippen molar-refractivity contribution in [3.05, 3.63) is 59.5 Å². The number of benzene rings is 2. The molecule has 1 heterocycles. The summed E-state index contributed by atoms with van der Waals surface area (Å²) in [6.45, 7) is 5.75. The number of methoxy groups -OCH3 is 1. The Labute approximate surface area is 192 Å². The number of carbonyl (C=O) groups is 1. The number of aryl methyl sites for hydroxylation is 1. The van der Waals surface area contributed by atoms with E-state index in [4.69, 9.17) is 4.74 Å². The van der Waals surface area contributed by atoms with Gasteiger partial charge in [0.1, 0.15) is 11.8 Å². The van der Waals surface area contributed by atoms with Crippen LogP contribution in [0.1, 0.15) is 25.8 Å². The second-order valence-electron chi connectivity index (χ2n) is 7.87. The van der Waals surface area contributed by atoms with Crippen molar-refractivity contribution in [1.82, 2.24) is 9.71 Å². The van der Waals surface area contributed by atoms with Crippen LogP contribution in [0.2, 0.25) is 0 Å². The van der Waals surface area contributed by atoms with Gasteiger partial charge in [0.05, 0.1) is 17.7 Å². The molecule has 0 radical (unpaired) electrons. The van der Waals surface area contributed by atoms with E-state index in [-0.39, 0.29) is 10.8 Å². The molecule has 1 amide bonds. The second-order valence-corrected chi connectivity index (χ2v) is 10.4. The van der Waals surface area contributed by atoms with Crippen LogP contribution in [0.3, 0.4) is 0 Å². The first-order valence-corrected chi connectivity index (χ1v) is 12.5. The first-order chi connectivity index (χ1) is 15.2. The first-order valence-electron chi connectivity index (χ1n) is 10.2. The number of thiazole rings is 1. The van der Waals surface area contributed by atoms with E-state index in [1.165, 1.54) is 23.5 Å². The molecule has 0 fully saturated rings. The lowest BCUT2D eigenvalue weighted by molar-refractivity contribution is -0.118. The quantitative estimate of drug-likeness (QED) is 0.478. The molecule has 9 heteroatoms. The Morgan fingerprint density at radius 1 is 1.09 bits per heavy atom. The van der Waals surface area contributed by atoms with Gasteiger partial charge in [-0.1, -0.05) is 31.5 Å². The van der Waals surface area contributed by atoms with E-state index in [9.17, 15) is 13.2 Å². The van der Waals surface area contributed by atoms with Gasteiger partial charge in [0.15, 0.2) is 5.13 Å². The number of ether oxygens (including phenoxy) is 1. The zero-order valence-electron chi connectivity index (χ0n) is 18.5. The minimum atomic E-state index is -3.84. The Hall–Kier alpha value is -2.75. The highest BCUT2D eigenvalue weighted by molar-refractivity contribution is 7.89. The normalized spacial score (nSPS) is 12.5. The van der Waals surface area contributed by atoms with E-state index in [0.717, 1.165) is 16.9 Å². The van der Waals surface area contributed by atoms with Gasteiger partial charge in [0, 0.05) is 10.9 Å². The van der Waals surface area contributed by atoms with Crippen molar-refractivity contribution in [2.75, 3.05) is 12.4 Å². The van der Waals surface area contributed by atoms with Crippen LogP contribution >= 0.6 is 11.3 Å². The molecule has 1 aromatic heterocycles. The summed E-state index contributed by atoms with van der Waals surface area (Å²) >= 11 is 1.28. The average molecular weight is 474 g/mol. The molecule has 2 N–H and O–H groups in total. The van der Waals surface area contributed by atoms with Crippen LogP contribution in [0.5, 0.6) is 5.75 Å². The zero-order chi connectivity index (χ0) is 23.3. The van der Waals surface area contributed by atoms with Crippen LogP contribution in [-0.2, 0) is 14.8 Å². The van der Waals surface area contributed by atoms with Crippen molar-refractivity contribution in [2.45, 2.75) is 38.1 Å². The van der Waals surface area contributed by atoms with Gasteiger partial charge in [-0.15, -0.1) is 11.3 Å². The minimum absolute atomic E-state index is 0.109. The molecule has 0 saturated heterocycles. The Kier molecular flexibility index (Phi) is 7.65. The molecule has 0 aliphatic rings. The van der Waals surface area contributed by atoms with Gasteiger partial charge in [0.2, 0.25) is 15.9 Å². The monoisotopic (exact) mass is 473 g/mol. The number of amides is 1. The van der Waals surface area contributed by atoms with Crippen LogP contribution in [0.25, 0.3) is 11.3 Å². The Morgan fingerprint density at radius 2 is 1.75 bits per heavy atom. The van der Waals surface area contributed by atoms with Crippen LogP contribution in [0.4, 0.5) is 5.13 Å². The summed E-state index contributed by atoms with van der Waals surface area (Å²) in [4.78, 5) is 17.5. The molecule has 7 nitrogen and oxygen atoms in total. The number of hydrogen-bond donors (Lipinski definition) is 2. The molecule has 3 rings (SSSR count). The van der Waals surface area contributed by atoms with Crippen molar-refractivity contribution >= 4 is 32.4 Å². The maximum absolute atomic E-state index is 13.0. The van der Waals surface area contributed by atoms with E-state index in [1.807, 2.05) is 50.4 Å². The summed E-state index contributed by atoms with van der Waals surface area (Å²) in [5.41, 5.74) is 2.56. The van der Waals surface area contributed by atoms with E-state index >= 15 is 0 Å². The molecular formula is C23H27N3O4S2. The first kappa shape index (κ1) is 23.9. The fourth-order valence-electron chi connectivity index (χ4n) is 3.07. The molecule has 0 bridgehead atoms. The van der Waals surface area contributed by atoms with Gasteiger partial charge in [0.25, 0.3) is 0 Å². The van der Waals surface area contributed by atoms with Crippen molar-refractivity contribution in [3.63, 3.8) is 0 Å². The van der Waals surface area contributed by atoms with Crippen LogP contribution in [0, 0.1) is 12.8 Å². The number of nitrogens with one attached hydrogen (secondary N) is 2. The molecule has 0 aliphatic heterocycles. The van der Waals surface area contributed by atoms with E-state index < -0.39 is 22.0 Å². The predicted molar refractivity (Wildman–Crippen MR) is 127 cm³/mol. The van der Waals surface area contributed by atoms with Crippen LogP contribution in [-0.4, -0.2) is 32.5 Å². The lowest BCUT2D eigenvalue weighted by atomic mass is 10.0. The second kappa shape index (κ2) is 10.2. The summed E-state index contributed by atoms with van der Waals surface area (Å²) in [7, 11) is -2.24. The number of carbonyl (C=O) groups excluding carboxylic acids is 1. The highest BCUT2D eigenvalue weighted by Gasteiger charge is 2.27. The number of nitrogens with zero attached hydrogens (tertiary/aromatic N) is 1. The van der Waals surface area contributed by atoms with Gasteiger partial charge in [-0.25, -0.2) is 13.4 Å². The molecule has 0 aliphatic carbocycles. The van der Waals surface area contributed by atoms with E-state index in [1.54, 1.807) is 19.2 Å². The topological polar surface area (TPSA) is 97.4 Å². The SMILES string of the molecule is COc1ccc(-c2csc(NC(=O)[C@H](CC(C)C)NS(=O)(=O)c3ccc(C)cc3)n2)cc1. The zero-order valence-corrected chi connectivity index (χ0v) is 20.1. The van der Waals surface area contributed by atoms with Crippen molar-refractivity contribution in [1.29, 1.82) is 0 Å². The van der Waals surface area contributed by atoms with Crippen LogP contribution in [0.15, 0.2) is 58.8 Å². The summed E-state index contributed by atoms with van der Waals surface area (Å²) < 4.78 is 33.4. The minimum Gasteiger partial charge on any atom is -0.497 e. The van der Waals surface area contributed by atoms with Gasteiger partial charge < -0.3 is 10.1 Å². The molecule has 32 heavy (non-hydrogen) atoms. The molecule has 170 valence electrons. The number of aromatic nitrogens is 1. The summed E-state index contributed by atoms with van der Waals surface area (Å²) in [6, 6.07) is 13.0. The van der Waals surface area contributed by atoms with Gasteiger partial charge in [-0.2, -0.15) is 4.72 Å². The molecule has 0 spiro atoms. The molecule has 3 aromatic rings. The van der Waals surface area contributed by atoms with E-state index in [0.29, 0.717) is 17.2 Å². The average Bonchev–Trinajstić information content (AvgIpc) is 3.21. The predicted octanol–water partition coefficient (Wildman–Crippen LogP) is 4.46. The Bertz CT molecular complexity index is 1150. The van der Waals surface area contributed by atoms with Gasteiger partial charge in [-0.3, -0.25) is 4.79 Å². The van der Waals surface area contributed by atoms with Crippen LogP contribution < -0.4 is 14.8 Å². The van der Waals surface area contributed by atoms with E-state index in [2.05, 4.69) is 15.0 Å². The summed E-state index contributed by atoms with van der Waals surface area (Å²) in [5.74, 6) is 0.414. The molecule has 2 aromatic carbocycles. The summed E-state index contributed by atoms with van der Waals surface area (Å²) in [5, 5.41) is 5.01. The highest BCUT2D eigenvalue weighted by atomic mass is 32.2. The Morgan fingerprint density at radius 3 is 2.34 bits per heavy atom. The molecular weight excluding hydrogens is 446 g/mol. The van der Waals surface area contributed by atoms with Crippen molar-refractivity contribution in [2.24, 2.45) is 5.92 Å². The third-order valence-corrected chi connectivity index (χ3v) is 7.02. The maximum atomic E-state index is 13.0. The van der Waals surface area contributed by atoms with Gasteiger partial charge >= 0.3 is 0 Å². The number of sulfonamides is 1. The fourth-order valence-corrected chi connectivity index (χ4v) is 5.00. The third-order valence-electron chi connectivity index (χ3n) is 4.77. The maximum Gasteiger partial charge on any atom is 0.244 e. The lowest BCUT2D eigenvalue weighted by Gasteiger charge is -2.19. The number of hydrogen-bond acceptors (Lipinski definition) is 6. The Balaban J connectivity index is 1.75. The number of rotatable bonds is 9. The number of anilines is 1. The fraction of sp³-hybridized carbons (Fsp3) is 0.304. The smallest absolute Gasteiger partial charge is 0.244 e. The molecule has 1 atom stereocenters. The highest BCUT2D eigenvalue weighted by Crippen LogP contribution is 2.27. The lowest BCUT2D eigenvalue weighted by Crippen LogP contribution is -2.44. The molecule has 0 saturated carbocycles. The van der Waals surface area contributed by atoms with Crippen molar-refractivity contribution in [3.8, 4) is 17.0 Å².